The second-order valence-electron chi connectivity index (χ2n) is 6.52. The van der Waals surface area contributed by atoms with Gasteiger partial charge in [-0.2, -0.15) is 0 Å². The van der Waals surface area contributed by atoms with Crippen LogP contribution in [0.1, 0.15) is 39.9 Å². The van der Waals surface area contributed by atoms with Crippen LogP contribution in [-0.2, 0) is 0 Å². The van der Waals surface area contributed by atoms with E-state index in [0.717, 1.165) is 12.0 Å². The van der Waals surface area contributed by atoms with Gasteiger partial charge in [0.15, 0.2) is 0 Å². The average molecular weight is 371 g/mol. The fraction of sp³-hybridized carbons (Fsp3) is 0.211. The molecule has 0 bridgehead atoms. The molecule has 1 aliphatic carbocycles. The van der Waals surface area contributed by atoms with Gasteiger partial charge in [0.1, 0.15) is 0 Å². The van der Waals surface area contributed by atoms with Crippen LogP contribution in [0.3, 0.4) is 0 Å². The van der Waals surface area contributed by atoms with Gasteiger partial charge >= 0.3 is 5.97 Å². The molecule has 6 nitrogen and oxygen atoms in total. The number of nitro groups is 1. The summed E-state index contributed by atoms with van der Waals surface area (Å²) in [6, 6.07) is 9.55. The third-order valence-electron chi connectivity index (χ3n) is 5.14. The number of nitro benzene ring substituents is 1. The summed E-state index contributed by atoms with van der Waals surface area (Å²) in [5.74, 6) is -0.956. The first-order valence-electron chi connectivity index (χ1n) is 8.20. The topological polar surface area (TPSA) is 92.5 Å². The smallest absolute Gasteiger partial charge is 0.336 e. The van der Waals surface area contributed by atoms with Crippen molar-refractivity contribution in [2.75, 3.05) is 5.32 Å². The van der Waals surface area contributed by atoms with Gasteiger partial charge in [0.2, 0.25) is 0 Å². The number of nitrogens with zero attached hydrogens (tertiary/aromatic N) is 1. The molecule has 2 aromatic carbocycles. The molecular formula is C19H15ClN2O4. The van der Waals surface area contributed by atoms with Gasteiger partial charge in [-0.05, 0) is 29.5 Å². The summed E-state index contributed by atoms with van der Waals surface area (Å²) in [5.41, 5.74) is 2.32. The van der Waals surface area contributed by atoms with Gasteiger partial charge in [-0.1, -0.05) is 42.0 Å². The Kier molecular flexibility index (Phi) is 3.92. The van der Waals surface area contributed by atoms with Crippen molar-refractivity contribution in [2.45, 2.75) is 18.4 Å². The Morgan fingerprint density at radius 3 is 2.77 bits per heavy atom. The molecule has 1 heterocycles. The number of allylic oxidation sites excluding steroid dienone is 2. The lowest BCUT2D eigenvalue weighted by molar-refractivity contribution is -0.384. The van der Waals surface area contributed by atoms with E-state index in [2.05, 4.69) is 5.32 Å². The third kappa shape index (κ3) is 2.54. The summed E-state index contributed by atoms with van der Waals surface area (Å²) < 4.78 is 0. The lowest BCUT2D eigenvalue weighted by atomic mass is 9.76. The van der Waals surface area contributed by atoms with E-state index < -0.39 is 10.9 Å². The Morgan fingerprint density at radius 2 is 2.04 bits per heavy atom. The molecule has 0 amide bonds. The van der Waals surface area contributed by atoms with Gasteiger partial charge in [-0.3, -0.25) is 10.1 Å². The molecule has 2 N–H and O–H groups in total. The maximum Gasteiger partial charge on any atom is 0.336 e. The number of carbonyl (C=O) groups is 1. The number of fused-ring (bicyclic) bond motifs is 3. The zero-order chi connectivity index (χ0) is 18.4. The summed E-state index contributed by atoms with van der Waals surface area (Å²) in [5, 5.41) is 24.3. The molecule has 0 fully saturated rings. The second-order valence-corrected chi connectivity index (χ2v) is 6.92. The molecular weight excluding hydrogens is 356 g/mol. The number of hydrogen-bond acceptors (Lipinski definition) is 4. The molecule has 132 valence electrons. The van der Waals surface area contributed by atoms with Crippen molar-refractivity contribution in [1.29, 1.82) is 0 Å². The lowest BCUT2D eigenvalue weighted by Crippen LogP contribution is -2.30. The minimum absolute atomic E-state index is 0.0426. The molecule has 1 aliphatic heterocycles. The predicted octanol–water partition coefficient (Wildman–Crippen LogP) is 4.77. The van der Waals surface area contributed by atoms with Crippen molar-refractivity contribution in [1.82, 2.24) is 0 Å². The van der Waals surface area contributed by atoms with Gasteiger partial charge in [-0.25, -0.2) is 4.79 Å². The van der Waals surface area contributed by atoms with Crippen molar-refractivity contribution in [2.24, 2.45) is 5.92 Å². The van der Waals surface area contributed by atoms with E-state index in [1.54, 1.807) is 24.3 Å². The molecule has 0 unspecified atom stereocenters. The van der Waals surface area contributed by atoms with Crippen LogP contribution in [0.5, 0.6) is 0 Å². The Balaban J connectivity index is 1.86. The van der Waals surface area contributed by atoms with Gasteiger partial charge in [0.05, 0.1) is 27.2 Å². The molecule has 0 spiro atoms. The quantitative estimate of drug-likeness (QED) is 0.461. The van der Waals surface area contributed by atoms with Crippen molar-refractivity contribution in [3.63, 3.8) is 0 Å². The van der Waals surface area contributed by atoms with Crippen LogP contribution in [0.15, 0.2) is 48.6 Å². The van der Waals surface area contributed by atoms with Crippen molar-refractivity contribution in [3.05, 3.63) is 80.4 Å². The molecule has 0 aromatic heterocycles. The molecule has 0 radical (unpaired) electrons. The molecule has 2 aromatic rings. The van der Waals surface area contributed by atoms with Crippen LogP contribution in [0, 0.1) is 16.0 Å². The van der Waals surface area contributed by atoms with E-state index in [1.165, 1.54) is 6.07 Å². The van der Waals surface area contributed by atoms with Gasteiger partial charge in [0, 0.05) is 18.1 Å². The molecule has 0 saturated heterocycles. The van der Waals surface area contributed by atoms with Crippen molar-refractivity contribution < 1.29 is 14.8 Å². The molecule has 26 heavy (non-hydrogen) atoms. The number of anilines is 1. The molecule has 7 heteroatoms. The van der Waals surface area contributed by atoms with E-state index >= 15 is 0 Å². The van der Waals surface area contributed by atoms with E-state index in [0.29, 0.717) is 11.3 Å². The van der Waals surface area contributed by atoms with Crippen molar-refractivity contribution in [3.8, 4) is 0 Å². The Bertz CT molecular complexity index is 957. The monoisotopic (exact) mass is 370 g/mol. The first kappa shape index (κ1) is 16.6. The third-order valence-corrected chi connectivity index (χ3v) is 5.44. The highest BCUT2D eigenvalue weighted by molar-refractivity contribution is 6.33. The fourth-order valence-electron chi connectivity index (χ4n) is 4.02. The number of carboxylic acids is 1. The highest BCUT2D eigenvalue weighted by atomic mass is 35.5. The summed E-state index contributed by atoms with van der Waals surface area (Å²) in [4.78, 5) is 22.4. The Hall–Kier alpha value is -2.86. The first-order valence-corrected chi connectivity index (χ1v) is 8.58. The summed E-state index contributed by atoms with van der Waals surface area (Å²) >= 11 is 6.33. The largest absolute Gasteiger partial charge is 0.478 e. The number of carboxylic acid groups (broad SMARTS) is 1. The summed E-state index contributed by atoms with van der Waals surface area (Å²) in [6.07, 6.45) is 4.83. The predicted molar refractivity (Wildman–Crippen MR) is 97.9 cm³/mol. The van der Waals surface area contributed by atoms with E-state index in [4.69, 9.17) is 11.6 Å². The van der Waals surface area contributed by atoms with E-state index in [1.807, 2.05) is 18.2 Å². The van der Waals surface area contributed by atoms with Gasteiger partial charge in [0.25, 0.3) is 5.69 Å². The molecule has 0 saturated carbocycles. The number of halogens is 1. The number of hydrogen-bond donors (Lipinski definition) is 2. The van der Waals surface area contributed by atoms with Crippen LogP contribution in [0.4, 0.5) is 11.4 Å². The minimum Gasteiger partial charge on any atom is -0.478 e. The molecule has 2 aliphatic rings. The minimum atomic E-state index is -0.981. The van der Waals surface area contributed by atoms with Crippen LogP contribution in [-0.4, -0.2) is 16.0 Å². The SMILES string of the molecule is O=C(O)c1ccccc1[C@@H]1Nc2c(Cl)cc([N+](=O)[O-])cc2[C@H]2C=CC[C@@H]21. The van der Waals surface area contributed by atoms with E-state index in [-0.39, 0.29) is 34.2 Å². The van der Waals surface area contributed by atoms with E-state index in [9.17, 15) is 20.0 Å². The number of non-ortho nitro benzene ring substituents is 1. The second kappa shape index (κ2) is 6.14. The van der Waals surface area contributed by atoms with Crippen LogP contribution in [0.25, 0.3) is 0 Å². The molecule has 4 rings (SSSR count). The van der Waals surface area contributed by atoms with Crippen LogP contribution < -0.4 is 5.32 Å². The highest BCUT2D eigenvalue weighted by Gasteiger charge is 2.40. The summed E-state index contributed by atoms with van der Waals surface area (Å²) in [7, 11) is 0. The number of aromatic carboxylic acids is 1. The van der Waals surface area contributed by atoms with Gasteiger partial charge < -0.3 is 10.4 Å². The zero-order valence-electron chi connectivity index (χ0n) is 13.6. The maximum atomic E-state index is 11.6. The zero-order valence-corrected chi connectivity index (χ0v) is 14.3. The lowest BCUT2D eigenvalue weighted by Gasteiger charge is -2.38. The maximum absolute atomic E-state index is 11.6. The fourth-order valence-corrected chi connectivity index (χ4v) is 4.29. The standard InChI is InChI=1S/C19H15ClN2O4/c20-16-9-10(22(25)26)8-15-11-6-3-7-12(11)17(21-18(15)16)13-4-1-2-5-14(13)19(23)24/h1-6,8-9,11-12,17,21H,7H2,(H,23,24)/t11-,12-,17+/m0/s1. The number of rotatable bonds is 3. The Morgan fingerprint density at radius 1 is 1.27 bits per heavy atom. The summed E-state index contributed by atoms with van der Waals surface area (Å²) in [6.45, 7) is 0. The molecule has 3 atom stereocenters. The van der Waals surface area contributed by atoms with Crippen LogP contribution >= 0.6 is 11.6 Å². The number of benzene rings is 2. The Labute approximate surface area is 154 Å². The average Bonchev–Trinajstić information content (AvgIpc) is 3.11. The normalized spacial score (nSPS) is 23.0. The number of nitrogens with one attached hydrogen (secondary N) is 1. The highest BCUT2D eigenvalue weighted by Crippen LogP contribution is 2.52. The van der Waals surface area contributed by atoms with Crippen LogP contribution in [0.2, 0.25) is 5.02 Å². The van der Waals surface area contributed by atoms with Crippen molar-refractivity contribution >= 4 is 28.9 Å². The van der Waals surface area contributed by atoms with Gasteiger partial charge in [-0.15, -0.1) is 0 Å². The first-order chi connectivity index (χ1) is 12.5.